The molecule has 1 aliphatic rings. The van der Waals surface area contributed by atoms with Crippen LogP contribution in [-0.2, 0) is 0 Å². The topological polar surface area (TPSA) is 48.5 Å². The number of aromatic nitrogens is 1. The Hall–Kier alpha value is -1.62. The van der Waals surface area contributed by atoms with Gasteiger partial charge in [0, 0.05) is 50.7 Å². The number of aryl methyl sites for hydroxylation is 1. The van der Waals surface area contributed by atoms with Crippen LogP contribution in [0.25, 0.3) is 0 Å². The summed E-state index contributed by atoms with van der Waals surface area (Å²) < 4.78 is 0. The molecule has 0 unspecified atom stereocenters. The van der Waals surface area contributed by atoms with Gasteiger partial charge in [0.05, 0.1) is 11.3 Å². The van der Waals surface area contributed by atoms with Crippen molar-refractivity contribution in [2.45, 2.75) is 33.2 Å². The maximum atomic E-state index is 12.7. The van der Waals surface area contributed by atoms with Crippen molar-refractivity contribution in [2.24, 2.45) is 0 Å². The number of carbonyl (C=O) groups excluding carboxylic acids is 1. The third-order valence-electron chi connectivity index (χ3n) is 4.06. The van der Waals surface area contributed by atoms with Crippen LogP contribution >= 0.6 is 0 Å². The minimum atomic E-state index is 0.0698. The van der Waals surface area contributed by atoms with Gasteiger partial charge in [0.2, 0.25) is 0 Å². The fourth-order valence-corrected chi connectivity index (χ4v) is 2.69. The van der Waals surface area contributed by atoms with Crippen molar-refractivity contribution >= 4 is 11.6 Å². The Balaban J connectivity index is 2.09. The molecule has 0 aromatic carbocycles. The van der Waals surface area contributed by atoms with Crippen LogP contribution in [0.2, 0.25) is 0 Å². The van der Waals surface area contributed by atoms with E-state index in [9.17, 15) is 4.79 Å². The fraction of sp³-hybridized carbons (Fsp3) is 0.625. The normalized spacial score (nSPS) is 16.9. The predicted octanol–water partition coefficient (Wildman–Crippen LogP) is 1.99. The molecular weight excluding hydrogens is 264 g/mol. The van der Waals surface area contributed by atoms with Crippen LogP contribution in [0.5, 0.6) is 0 Å². The SMILES string of the molecule is CNc1cc(C)ncc1C(=O)N1CCN(C(C)(C)C)CC1. The highest BCUT2D eigenvalue weighted by Crippen LogP contribution is 2.20. The number of pyridine rings is 1. The first-order chi connectivity index (χ1) is 9.82. The summed E-state index contributed by atoms with van der Waals surface area (Å²) in [6, 6.07) is 1.92. The zero-order valence-electron chi connectivity index (χ0n) is 13.7. The van der Waals surface area contributed by atoms with Gasteiger partial charge in [-0.3, -0.25) is 14.7 Å². The molecule has 21 heavy (non-hydrogen) atoms. The largest absolute Gasteiger partial charge is 0.387 e. The van der Waals surface area contributed by atoms with Gasteiger partial charge in [0.1, 0.15) is 0 Å². The summed E-state index contributed by atoms with van der Waals surface area (Å²) in [6.07, 6.45) is 1.68. The van der Waals surface area contributed by atoms with Crippen molar-refractivity contribution in [2.75, 3.05) is 38.5 Å². The molecule has 0 saturated carbocycles. The van der Waals surface area contributed by atoms with Crippen LogP contribution in [0.4, 0.5) is 5.69 Å². The molecule has 1 fully saturated rings. The lowest BCUT2D eigenvalue weighted by Gasteiger charge is -2.42. The molecule has 5 heteroatoms. The van der Waals surface area contributed by atoms with Crippen LogP contribution in [0.1, 0.15) is 36.8 Å². The van der Waals surface area contributed by atoms with Crippen LogP contribution in [0.3, 0.4) is 0 Å². The lowest BCUT2D eigenvalue weighted by Crippen LogP contribution is -2.54. The molecule has 1 aromatic heterocycles. The summed E-state index contributed by atoms with van der Waals surface area (Å²) in [5, 5.41) is 3.09. The molecule has 1 amide bonds. The van der Waals surface area contributed by atoms with Gasteiger partial charge in [-0.05, 0) is 33.8 Å². The Morgan fingerprint density at radius 1 is 1.24 bits per heavy atom. The van der Waals surface area contributed by atoms with E-state index in [0.29, 0.717) is 5.56 Å². The first-order valence-electron chi connectivity index (χ1n) is 7.51. The molecule has 0 atom stereocenters. The summed E-state index contributed by atoms with van der Waals surface area (Å²) in [7, 11) is 1.84. The second kappa shape index (κ2) is 6.02. The van der Waals surface area contributed by atoms with Gasteiger partial charge in [-0.25, -0.2) is 0 Å². The Labute approximate surface area is 127 Å². The van der Waals surface area contributed by atoms with E-state index in [2.05, 4.69) is 36.0 Å². The molecule has 116 valence electrons. The van der Waals surface area contributed by atoms with Crippen molar-refractivity contribution in [1.82, 2.24) is 14.8 Å². The zero-order chi connectivity index (χ0) is 15.6. The highest BCUT2D eigenvalue weighted by molar-refractivity contribution is 5.99. The molecule has 0 bridgehead atoms. The van der Waals surface area contributed by atoms with Gasteiger partial charge < -0.3 is 10.2 Å². The summed E-state index contributed by atoms with van der Waals surface area (Å²) in [4.78, 5) is 21.3. The molecule has 0 radical (unpaired) electrons. The standard InChI is InChI=1S/C16H26N4O/c1-12-10-14(17-5)13(11-18-12)15(21)19-6-8-20(9-7-19)16(2,3)4/h10-11H,6-9H2,1-5H3,(H,17,18). The van der Waals surface area contributed by atoms with Crippen molar-refractivity contribution in [1.29, 1.82) is 0 Å². The quantitative estimate of drug-likeness (QED) is 0.905. The van der Waals surface area contributed by atoms with Gasteiger partial charge in [0.25, 0.3) is 5.91 Å². The molecule has 1 aromatic rings. The van der Waals surface area contributed by atoms with Crippen molar-refractivity contribution in [3.63, 3.8) is 0 Å². The lowest BCUT2D eigenvalue weighted by molar-refractivity contribution is 0.0451. The number of hydrogen-bond donors (Lipinski definition) is 1. The number of nitrogens with zero attached hydrogens (tertiary/aromatic N) is 3. The second-order valence-corrected chi connectivity index (χ2v) is 6.57. The van der Waals surface area contributed by atoms with E-state index < -0.39 is 0 Å². The Bertz CT molecular complexity index is 513. The van der Waals surface area contributed by atoms with Crippen molar-refractivity contribution in [3.05, 3.63) is 23.5 Å². The van der Waals surface area contributed by atoms with Gasteiger partial charge in [0.15, 0.2) is 0 Å². The van der Waals surface area contributed by atoms with Gasteiger partial charge >= 0.3 is 0 Å². The number of rotatable bonds is 2. The first-order valence-corrected chi connectivity index (χ1v) is 7.51. The average Bonchev–Trinajstić information content (AvgIpc) is 2.45. The highest BCUT2D eigenvalue weighted by Gasteiger charge is 2.29. The maximum absolute atomic E-state index is 12.7. The molecule has 2 heterocycles. The summed E-state index contributed by atoms with van der Waals surface area (Å²) in [5.41, 5.74) is 2.59. The molecule has 0 spiro atoms. The third-order valence-corrected chi connectivity index (χ3v) is 4.06. The van der Waals surface area contributed by atoms with Crippen LogP contribution in [0, 0.1) is 6.92 Å². The monoisotopic (exact) mass is 290 g/mol. The minimum absolute atomic E-state index is 0.0698. The maximum Gasteiger partial charge on any atom is 0.257 e. The number of piperazine rings is 1. The van der Waals surface area contributed by atoms with Gasteiger partial charge in [-0.15, -0.1) is 0 Å². The van der Waals surface area contributed by atoms with Gasteiger partial charge in [-0.1, -0.05) is 0 Å². The number of carbonyl (C=O) groups is 1. The van der Waals surface area contributed by atoms with E-state index in [0.717, 1.165) is 37.6 Å². The highest BCUT2D eigenvalue weighted by atomic mass is 16.2. The van der Waals surface area contributed by atoms with E-state index in [1.54, 1.807) is 6.20 Å². The molecule has 0 aliphatic carbocycles. The number of amides is 1. The summed E-state index contributed by atoms with van der Waals surface area (Å²) >= 11 is 0. The Kier molecular flexibility index (Phi) is 4.52. The van der Waals surface area contributed by atoms with E-state index in [4.69, 9.17) is 0 Å². The molecule has 2 rings (SSSR count). The average molecular weight is 290 g/mol. The van der Waals surface area contributed by atoms with Gasteiger partial charge in [-0.2, -0.15) is 0 Å². The third kappa shape index (κ3) is 3.53. The number of nitrogens with one attached hydrogen (secondary N) is 1. The van der Waals surface area contributed by atoms with E-state index in [1.807, 2.05) is 24.9 Å². The molecule has 5 nitrogen and oxygen atoms in total. The zero-order valence-corrected chi connectivity index (χ0v) is 13.7. The Morgan fingerprint density at radius 3 is 2.38 bits per heavy atom. The van der Waals surface area contributed by atoms with Crippen LogP contribution in [-0.4, -0.2) is 59.5 Å². The number of hydrogen-bond acceptors (Lipinski definition) is 4. The molecular formula is C16H26N4O. The molecule has 1 N–H and O–H groups in total. The lowest BCUT2D eigenvalue weighted by atomic mass is 10.0. The fourth-order valence-electron chi connectivity index (χ4n) is 2.69. The van der Waals surface area contributed by atoms with E-state index >= 15 is 0 Å². The summed E-state index contributed by atoms with van der Waals surface area (Å²) in [6.45, 7) is 12.0. The molecule has 1 aliphatic heterocycles. The second-order valence-electron chi connectivity index (χ2n) is 6.57. The first kappa shape index (κ1) is 15.8. The van der Waals surface area contributed by atoms with Crippen LogP contribution < -0.4 is 5.32 Å². The van der Waals surface area contributed by atoms with Crippen molar-refractivity contribution < 1.29 is 4.79 Å². The van der Waals surface area contributed by atoms with E-state index in [1.165, 1.54) is 0 Å². The summed E-state index contributed by atoms with van der Waals surface area (Å²) in [5.74, 6) is 0.0698. The molecule has 1 saturated heterocycles. The Morgan fingerprint density at radius 2 is 1.86 bits per heavy atom. The smallest absolute Gasteiger partial charge is 0.257 e. The van der Waals surface area contributed by atoms with E-state index in [-0.39, 0.29) is 11.4 Å². The number of anilines is 1. The predicted molar refractivity (Wildman–Crippen MR) is 85.8 cm³/mol. The van der Waals surface area contributed by atoms with Crippen molar-refractivity contribution in [3.8, 4) is 0 Å². The van der Waals surface area contributed by atoms with Crippen LogP contribution in [0.15, 0.2) is 12.3 Å². The minimum Gasteiger partial charge on any atom is -0.387 e.